The molecular weight excluding hydrogens is 212 g/mol. The third-order valence-electron chi connectivity index (χ3n) is 3.20. The highest BCUT2D eigenvalue weighted by Crippen LogP contribution is 2.21. The standard InChI is InChI=1S/C13H16N4/c1-2-6-12-11(5-1)13(9-15-17-12)16-10-4-3-7-14-8-10/h1-2,5-6,9-10,14H,3-4,7-8H2,(H,16,17). The Hall–Kier alpha value is -1.68. The lowest BCUT2D eigenvalue weighted by Gasteiger charge is -2.25. The fourth-order valence-electron chi connectivity index (χ4n) is 2.32. The van der Waals surface area contributed by atoms with Crippen molar-refractivity contribution in [1.82, 2.24) is 15.5 Å². The van der Waals surface area contributed by atoms with Gasteiger partial charge in [-0.15, -0.1) is 0 Å². The summed E-state index contributed by atoms with van der Waals surface area (Å²) in [4.78, 5) is 0. The van der Waals surface area contributed by atoms with Crippen molar-refractivity contribution in [2.24, 2.45) is 0 Å². The van der Waals surface area contributed by atoms with E-state index < -0.39 is 0 Å². The van der Waals surface area contributed by atoms with Crippen molar-refractivity contribution in [3.63, 3.8) is 0 Å². The van der Waals surface area contributed by atoms with Crippen LogP contribution in [0.1, 0.15) is 12.8 Å². The first-order valence-corrected chi connectivity index (χ1v) is 6.11. The van der Waals surface area contributed by atoms with Gasteiger partial charge in [0.15, 0.2) is 0 Å². The lowest BCUT2D eigenvalue weighted by Crippen LogP contribution is -2.38. The molecular formula is C13H16N4. The zero-order valence-corrected chi connectivity index (χ0v) is 9.69. The van der Waals surface area contributed by atoms with Gasteiger partial charge in [-0.2, -0.15) is 10.2 Å². The zero-order chi connectivity index (χ0) is 11.5. The molecule has 4 heteroatoms. The predicted molar refractivity (Wildman–Crippen MR) is 69.1 cm³/mol. The fraction of sp³-hybridized carbons (Fsp3) is 0.385. The topological polar surface area (TPSA) is 49.8 Å². The Labute approximate surface area is 100 Å². The molecule has 1 fully saturated rings. The van der Waals surface area contributed by atoms with Crippen molar-refractivity contribution in [3.8, 4) is 0 Å². The van der Waals surface area contributed by atoms with Crippen LogP contribution in [0.2, 0.25) is 0 Å². The minimum absolute atomic E-state index is 0.497. The minimum Gasteiger partial charge on any atom is -0.379 e. The Morgan fingerprint density at radius 2 is 2.24 bits per heavy atom. The van der Waals surface area contributed by atoms with E-state index in [1.165, 1.54) is 12.8 Å². The average molecular weight is 228 g/mol. The lowest BCUT2D eigenvalue weighted by molar-refractivity contribution is 0.480. The van der Waals surface area contributed by atoms with E-state index in [2.05, 4.69) is 26.9 Å². The molecule has 1 saturated heterocycles. The number of hydrogen-bond donors (Lipinski definition) is 2. The van der Waals surface area contributed by atoms with E-state index in [1.807, 2.05) is 24.4 Å². The van der Waals surface area contributed by atoms with Crippen LogP contribution in [-0.2, 0) is 0 Å². The van der Waals surface area contributed by atoms with E-state index in [9.17, 15) is 0 Å². The van der Waals surface area contributed by atoms with Crippen molar-refractivity contribution in [1.29, 1.82) is 0 Å². The summed E-state index contributed by atoms with van der Waals surface area (Å²) in [5.41, 5.74) is 2.03. The second kappa shape index (κ2) is 4.67. The lowest BCUT2D eigenvalue weighted by atomic mass is 10.1. The molecule has 1 aromatic heterocycles. The molecule has 0 spiro atoms. The Morgan fingerprint density at radius 1 is 1.29 bits per heavy atom. The highest BCUT2D eigenvalue weighted by molar-refractivity contribution is 5.90. The number of anilines is 1. The van der Waals surface area contributed by atoms with E-state index in [-0.39, 0.29) is 0 Å². The van der Waals surface area contributed by atoms with Crippen LogP contribution in [-0.4, -0.2) is 29.3 Å². The molecule has 0 radical (unpaired) electrons. The maximum absolute atomic E-state index is 4.13. The van der Waals surface area contributed by atoms with Crippen molar-refractivity contribution >= 4 is 16.6 Å². The second-order valence-electron chi connectivity index (χ2n) is 4.46. The summed E-state index contributed by atoms with van der Waals surface area (Å²) in [6.07, 6.45) is 4.26. The molecule has 1 atom stereocenters. The molecule has 1 aliphatic heterocycles. The van der Waals surface area contributed by atoms with Crippen LogP contribution in [0.5, 0.6) is 0 Å². The molecule has 1 aliphatic rings. The smallest absolute Gasteiger partial charge is 0.0950 e. The molecule has 0 amide bonds. The van der Waals surface area contributed by atoms with Gasteiger partial charge in [0, 0.05) is 18.0 Å². The third-order valence-corrected chi connectivity index (χ3v) is 3.20. The number of piperidine rings is 1. The molecule has 17 heavy (non-hydrogen) atoms. The van der Waals surface area contributed by atoms with E-state index in [0.717, 1.165) is 29.7 Å². The van der Waals surface area contributed by atoms with Crippen LogP contribution in [0.25, 0.3) is 10.9 Å². The molecule has 3 rings (SSSR count). The quantitative estimate of drug-likeness (QED) is 0.823. The summed E-state index contributed by atoms with van der Waals surface area (Å²) in [7, 11) is 0. The number of hydrogen-bond acceptors (Lipinski definition) is 4. The molecule has 0 bridgehead atoms. The van der Waals surface area contributed by atoms with Crippen LogP contribution >= 0.6 is 0 Å². The summed E-state index contributed by atoms with van der Waals surface area (Å²) in [6.45, 7) is 2.16. The molecule has 2 N–H and O–H groups in total. The molecule has 1 aromatic carbocycles. The monoisotopic (exact) mass is 228 g/mol. The number of aromatic nitrogens is 2. The van der Waals surface area contributed by atoms with Gasteiger partial charge in [0.25, 0.3) is 0 Å². The summed E-state index contributed by atoms with van der Waals surface area (Å²) in [6, 6.07) is 8.60. The largest absolute Gasteiger partial charge is 0.379 e. The summed E-state index contributed by atoms with van der Waals surface area (Å²) in [5, 5.41) is 16.3. The van der Waals surface area contributed by atoms with Crippen LogP contribution in [0.3, 0.4) is 0 Å². The highest BCUT2D eigenvalue weighted by Gasteiger charge is 2.13. The Kier molecular flexibility index (Phi) is 2.88. The average Bonchev–Trinajstić information content (AvgIpc) is 2.40. The summed E-state index contributed by atoms with van der Waals surface area (Å²) in [5.74, 6) is 0. The van der Waals surface area contributed by atoms with Gasteiger partial charge in [-0.3, -0.25) is 0 Å². The van der Waals surface area contributed by atoms with Gasteiger partial charge in [0.2, 0.25) is 0 Å². The molecule has 2 aromatic rings. The van der Waals surface area contributed by atoms with E-state index in [4.69, 9.17) is 0 Å². The molecule has 4 nitrogen and oxygen atoms in total. The first-order valence-electron chi connectivity index (χ1n) is 6.11. The molecule has 0 saturated carbocycles. The van der Waals surface area contributed by atoms with E-state index in [1.54, 1.807) is 0 Å². The Balaban J connectivity index is 1.89. The summed E-state index contributed by atoms with van der Waals surface area (Å²) >= 11 is 0. The van der Waals surface area contributed by atoms with Crippen molar-refractivity contribution in [3.05, 3.63) is 30.5 Å². The van der Waals surface area contributed by atoms with Crippen LogP contribution in [0.15, 0.2) is 30.5 Å². The van der Waals surface area contributed by atoms with Gasteiger partial charge in [-0.05, 0) is 25.5 Å². The van der Waals surface area contributed by atoms with Crippen LogP contribution < -0.4 is 10.6 Å². The van der Waals surface area contributed by atoms with Crippen molar-refractivity contribution < 1.29 is 0 Å². The van der Waals surface area contributed by atoms with Gasteiger partial charge in [0.05, 0.1) is 17.4 Å². The number of rotatable bonds is 2. The Morgan fingerprint density at radius 3 is 3.12 bits per heavy atom. The maximum atomic E-state index is 4.13. The maximum Gasteiger partial charge on any atom is 0.0950 e. The number of fused-ring (bicyclic) bond motifs is 1. The van der Waals surface area contributed by atoms with E-state index in [0.29, 0.717) is 6.04 Å². The highest BCUT2D eigenvalue weighted by atomic mass is 15.1. The molecule has 2 heterocycles. The molecule has 88 valence electrons. The van der Waals surface area contributed by atoms with Crippen molar-refractivity contribution in [2.75, 3.05) is 18.4 Å². The summed E-state index contributed by atoms with van der Waals surface area (Å²) < 4.78 is 0. The predicted octanol–water partition coefficient (Wildman–Crippen LogP) is 1.79. The van der Waals surface area contributed by atoms with Gasteiger partial charge >= 0.3 is 0 Å². The normalized spacial score (nSPS) is 20.4. The van der Waals surface area contributed by atoms with Gasteiger partial charge in [0.1, 0.15) is 0 Å². The van der Waals surface area contributed by atoms with Crippen molar-refractivity contribution in [2.45, 2.75) is 18.9 Å². The third kappa shape index (κ3) is 2.22. The van der Waals surface area contributed by atoms with Crippen LogP contribution in [0, 0.1) is 0 Å². The van der Waals surface area contributed by atoms with Gasteiger partial charge in [-0.25, -0.2) is 0 Å². The molecule has 0 aliphatic carbocycles. The second-order valence-corrected chi connectivity index (χ2v) is 4.46. The first kappa shape index (κ1) is 10.5. The number of nitrogens with one attached hydrogen (secondary N) is 2. The zero-order valence-electron chi connectivity index (χ0n) is 9.69. The number of benzene rings is 1. The number of nitrogens with zero attached hydrogens (tertiary/aromatic N) is 2. The first-order chi connectivity index (χ1) is 8.43. The Bertz CT molecular complexity index is 500. The van der Waals surface area contributed by atoms with Gasteiger partial charge in [-0.1, -0.05) is 18.2 Å². The SMILES string of the molecule is c1ccc2c(NC3CCCNC3)cnnc2c1. The van der Waals surface area contributed by atoms with Gasteiger partial charge < -0.3 is 10.6 Å². The van der Waals surface area contributed by atoms with Crippen LogP contribution in [0.4, 0.5) is 5.69 Å². The van der Waals surface area contributed by atoms with E-state index >= 15 is 0 Å². The minimum atomic E-state index is 0.497. The molecule has 1 unspecified atom stereocenters. The fourth-order valence-corrected chi connectivity index (χ4v) is 2.32.